The third-order valence-corrected chi connectivity index (χ3v) is 4.65. The zero-order chi connectivity index (χ0) is 18.1. The maximum Gasteiger partial charge on any atom is 0.335 e. The highest BCUT2D eigenvalue weighted by Gasteiger charge is 2.45. The molecule has 2 heterocycles. The lowest BCUT2D eigenvalue weighted by Crippen LogP contribution is -2.37. The van der Waals surface area contributed by atoms with Crippen LogP contribution in [0.15, 0.2) is 18.2 Å². The van der Waals surface area contributed by atoms with Crippen molar-refractivity contribution in [3.8, 4) is 0 Å². The SMILES string of the molecule is CCOC(=O)CN1C(=O)C(=O)N(Cc2nc3ccc(Cl)cc3s2)C1=O. The van der Waals surface area contributed by atoms with Crippen LogP contribution in [0.3, 0.4) is 0 Å². The van der Waals surface area contributed by atoms with Crippen LogP contribution in [0.25, 0.3) is 10.2 Å². The minimum atomic E-state index is -1.05. The molecule has 3 rings (SSSR count). The van der Waals surface area contributed by atoms with E-state index in [0.717, 1.165) is 9.60 Å². The van der Waals surface area contributed by atoms with Crippen LogP contribution in [-0.2, 0) is 25.7 Å². The normalized spacial score (nSPS) is 14.7. The third-order valence-electron chi connectivity index (χ3n) is 3.42. The van der Waals surface area contributed by atoms with Gasteiger partial charge in [-0.15, -0.1) is 11.3 Å². The standard InChI is InChI=1S/C15H12ClN3O5S/c1-2-24-12(20)7-19-14(22)13(21)18(15(19)23)6-11-17-9-4-3-8(16)5-10(9)25-11/h3-5H,2,6-7H2,1H3. The van der Waals surface area contributed by atoms with E-state index in [1.807, 2.05) is 0 Å². The van der Waals surface area contributed by atoms with E-state index in [9.17, 15) is 19.2 Å². The predicted octanol–water partition coefficient (Wildman–Crippen LogP) is 1.80. The second-order valence-corrected chi connectivity index (χ2v) is 6.64. The van der Waals surface area contributed by atoms with E-state index < -0.39 is 30.4 Å². The molecule has 25 heavy (non-hydrogen) atoms. The Labute approximate surface area is 150 Å². The van der Waals surface area contributed by atoms with Gasteiger partial charge in [0.25, 0.3) is 0 Å². The van der Waals surface area contributed by atoms with Gasteiger partial charge in [0.1, 0.15) is 11.6 Å². The van der Waals surface area contributed by atoms with Crippen LogP contribution in [0.2, 0.25) is 5.02 Å². The number of rotatable bonds is 5. The van der Waals surface area contributed by atoms with E-state index >= 15 is 0 Å². The number of aromatic nitrogens is 1. The van der Waals surface area contributed by atoms with Crippen molar-refractivity contribution in [2.45, 2.75) is 13.5 Å². The Kier molecular flexibility index (Phi) is 4.69. The maximum absolute atomic E-state index is 12.3. The van der Waals surface area contributed by atoms with Crippen molar-refractivity contribution in [2.24, 2.45) is 0 Å². The van der Waals surface area contributed by atoms with Crippen LogP contribution < -0.4 is 0 Å². The van der Waals surface area contributed by atoms with Crippen LogP contribution in [0.1, 0.15) is 11.9 Å². The average Bonchev–Trinajstić information content (AvgIpc) is 3.04. The summed E-state index contributed by atoms with van der Waals surface area (Å²) in [5, 5.41) is 1.02. The Hall–Kier alpha value is -2.52. The molecule has 130 valence electrons. The van der Waals surface area contributed by atoms with E-state index in [2.05, 4.69) is 4.98 Å². The average molecular weight is 382 g/mol. The van der Waals surface area contributed by atoms with Gasteiger partial charge >= 0.3 is 23.8 Å². The first-order valence-electron chi connectivity index (χ1n) is 7.28. The number of carbonyl (C=O) groups excluding carboxylic acids is 4. The summed E-state index contributed by atoms with van der Waals surface area (Å²) in [6.07, 6.45) is 0. The highest BCUT2D eigenvalue weighted by molar-refractivity contribution is 7.18. The molecule has 0 radical (unpaired) electrons. The molecule has 10 heteroatoms. The number of esters is 1. The number of benzene rings is 1. The van der Waals surface area contributed by atoms with E-state index in [0.29, 0.717) is 20.4 Å². The summed E-state index contributed by atoms with van der Waals surface area (Å²) in [4.78, 5) is 53.4. The van der Waals surface area contributed by atoms with Crippen molar-refractivity contribution in [1.29, 1.82) is 0 Å². The number of hydrogen-bond donors (Lipinski definition) is 0. The van der Waals surface area contributed by atoms with Crippen LogP contribution in [0.4, 0.5) is 4.79 Å². The van der Waals surface area contributed by atoms with Crippen molar-refractivity contribution in [3.05, 3.63) is 28.2 Å². The Morgan fingerprint density at radius 3 is 2.68 bits per heavy atom. The summed E-state index contributed by atoms with van der Waals surface area (Å²) < 4.78 is 5.50. The fourth-order valence-corrected chi connectivity index (χ4v) is 3.55. The molecular formula is C15H12ClN3O5S. The lowest BCUT2D eigenvalue weighted by atomic mass is 10.3. The minimum absolute atomic E-state index is 0.112. The molecule has 1 saturated heterocycles. The number of carbonyl (C=O) groups is 4. The fraction of sp³-hybridized carbons (Fsp3) is 0.267. The quantitative estimate of drug-likeness (QED) is 0.445. The van der Waals surface area contributed by atoms with Gasteiger partial charge in [-0.25, -0.2) is 19.6 Å². The zero-order valence-corrected chi connectivity index (χ0v) is 14.6. The summed E-state index contributed by atoms with van der Waals surface area (Å²) >= 11 is 7.19. The number of fused-ring (bicyclic) bond motifs is 1. The van der Waals surface area contributed by atoms with E-state index in [4.69, 9.17) is 16.3 Å². The van der Waals surface area contributed by atoms with Crippen molar-refractivity contribution >= 4 is 57.0 Å². The van der Waals surface area contributed by atoms with Crippen molar-refractivity contribution in [2.75, 3.05) is 13.2 Å². The summed E-state index contributed by atoms with van der Waals surface area (Å²) in [5.74, 6) is -2.80. The molecule has 4 amide bonds. The van der Waals surface area contributed by atoms with Crippen molar-refractivity contribution < 1.29 is 23.9 Å². The molecule has 1 fully saturated rings. The molecule has 0 bridgehead atoms. The number of halogens is 1. The monoisotopic (exact) mass is 381 g/mol. The number of nitrogens with zero attached hydrogens (tertiary/aromatic N) is 3. The van der Waals surface area contributed by atoms with E-state index in [1.165, 1.54) is 11.3 Å². The van der Waals surface area contributed by atoms with Gasteiger partial charge in [0, 0.05) is 5.02 Å². The first-order valence-corrected chi connectivity index (χ1v) is 8.48. The van der Waals surface area contributed by atoms with Gasteiger partial charge in [0.05, 0.1) is 23.4 Å². The van der Waals surface area contributed by atoms with Gasteiger partial charge in [-0.1, -0.05) is 11.6 Å². The first kappa shape index (κ1) is 17.3. The number of imide groups is 2. The zero-order valence-electron chi connectivity index (χ0n) is 13.0. The third kappa shape index (κ3) is 3.33. The molecule has 0 unspecified atom stereocenters. The molecule has 0 spiro atoms. The predicted molar refractivity (Wildman–Crippen MR) is 88.9 cm³/mol. The Morgan fingerprint density at radius 2 is 1.96 bits per heavy atom. The van der Waals surface area contributed by atoms with Gasteiger partial charge in [-0.2, -0.15) is 0 Å². The van der Waals surface area contributed by atoms with E-state index in [-0.39, 0.29) is 13.2 Å². The van der Waals surface area contributed by atoms with Crippen molar-refractivity contribution in [1.82, 2.24) is 14.8 Å². The highest BCUT2D eigenvalue weighted by atomic mass is 35.5. The maximum atomic E-state index is 12.3. The molecule has 0 N–H and O–H groups in total. The molecular weight excluding hydrogens is 370 g/mol. The smallest absolute Gasteiger partial charge is 0.335 e. The largest absolute Gasteiger partial charge is 0.465 e. The lowest BCUT2D eigenvalue weighted by Gasteiger charge is -2.13. The summed E-state index contributed by atoms with van der Waals surface area (Å²) in [5.41, 5.74) is 0.679. The molecule has 8 nitrogen and oxygen atoms in total. The summed E-state index contributed by atoms with van der Waals surface area (Å²) in [7, 11) is 0. The minimum Gasteiger partial charge on any atom is -0.465 e. The molecule has 1 aromatic carbocycles. The van der Waals surface area contributed by atoms with Crippen LogP contribution >= 0.6 is 22.9 Å². The number of hydrogen-bond acceptors (Lipinski definition) is 7. The van der Waals surface area contributed by atoms with E-state index in [1.54, 1.807) is 25.1 Å². The molecule has 1 aromatic heterocycles. The fourth-order valence-electron chi connectivity index (χ4n) is 2.31. The van der Waals surface area contributed by atoms with Gasteiger partial charge in [0.15, 0.2) is 0 Å². The molecule has 1 aliphatic rings. The molecule has 0 aliphatic carbocycles. The first-order chi connectivity index (χ1) is 11.9. The molecule has 0 atom stereocenters. The topological polar surface area (TPSA) is 96.9 Å². The van der Waals surface area contributed by atoms with Gasteiger partial charge in [-0.05, 0) is 25.1 Å². The van der Waals surface area contributed by atoms with Crippen LogP contribution in [-0.4, -0.2) is 51.8 Å². The van der Waals surface area contributed by atoms with Crippen molar-refractivity contribution in [3.63, 3.8) is 0 Å². The second kappa shape index (κ2) is 6.77. The molecule has 1 aliphatic heterocycles. The van der Waals surface area contributed by atoms with Crippen LogP contribution in [0, 0.1) is 0 Å². The second-order valence-electron chi connectivity index (χ2n) is 5.09. The Morgan fingerprint density at radius 1 is 1.24 bits per heavy atom. The molecule has 0 saturated carbocycles. The Bertz CT molecular complexity index is 896. The number of thiazole rings is 1. The summed E-state index contributed by atoms with van der Waals surface area (Å²) in [6, 6.07) is 4.28. The number of amides is 4. The van der Waals surface area contributed by atoms with Crippen LogP contribution in [0.5, 0.6) is 0 Å². The highest BCUT2D eigenvalue weighted by Crippen LogP contribution is 2.27. The number of urea groups is 1. The summed E-state index contributed by atoms with van der Waals surface area (Å²) in [6.45, 7) is 0.965. The van der Waals surface area contributed by atoms with Gasteiger partial charge in [0.2, 0.25) is 0 Å². The van der Waals surface area contributed by atoms with Gasteiger partial charge < -0.3 is 4.74 Å². The molecule has 2 aromatic rings. The lowest BCUT2D eigenvalue weighted by molar-refractivity contribution is -0.148. The Balaban J connectivity index is 1.79. The van der Waals surface area contributed by atoms with Gasteiger partial charge in [-0.3, -0.25) is 14.4 Å². The number of ether oxygens (including phenoxy) is 1.